The Morgan fingerprint density at radius 1 is 1.28 bits per heavy atom. The highest BCUT2D eigenvalue weighted by Gasteiger charge is 2.23. The van der Waals surface area contributed by atoms with Crippen LogP contribution in [0.15, 0.2) is 6.33 Å². The van der Waals surface area contributed by atoms with E-state index in [-0.39, 0.29) is 5.41 Å². The second kappa shape index (κ2) is 5.89. The number of methoxy groups -OCH3 is 1. The third kappa shape index (κ3) is 3.24. The molecule has 0 aliphatic rings. The van der Waals surface area contributed by atoms with Crippen molar-refractivity contribution in [3.63, 3.8) is 0 Å². The summed E-state index contributed by atoms with van der Waals surface area (Å²) in [7, 11) is 3.44. The Morgan fingerprint density at radius 3 is 2.39 bits per heavy atom. The maximum Gasteiger partial charge on any atom is 0.204 e. The lowest BCUT2D eigenvalue weighted by atomic mass is 9.81. The summed E-state index contributed by atoms with van der Waals surface area (Å²) in [6.45, 7) is 9.74. The summed E-state index contributed by atoms with van der Waals surface area (Å²) in [5.74, 6) is 2.66. The predicted molar refractivity (Wildman–Crippen MR) is 75.2 cm³/mol. The van der Waals surface area contributed by atoms with Crippen molar-refractivity contribution in [3.05, 3.63) is 6.33 Å². The maximum absolute atomic E-state index is 5.34. The zero-order chi connectivity index (χ0) is 13.8. The number of aromatic nitrogens is 2. The fraction of sp³-hybridized carbons (Fsp3) is 0.692. The first-order valence-electron chi connectivity index (χ1n) is 6.23. The molecule has 5 heteroatoms. The van der Waals surface area contributed by atoms with Gasteiger partial charge in [0.2, 0.25) is 5.75 Å². The lowest BCUT2D eigenvalue weighted by Gasteiger charge is -2.29. The van der Waals surface area contributed by atoms with Crippen molar-refractivity contribution in [1.82, 2.24) is 9.97 Å². The summed E-state index contributed by atoms with van der Waals surface area (Å²) in [4.78, 5) is 8.35. The van der Waals surface area contributed by atoms with E-state index in [1.807, 2.05) is 7.05 Å². The average Bonchev–Trinajstić information content (AvgIpc) is 2.35. The quantitative estimate of drug-likeness (QED) is 0.815. The number of anilines is 2. The van der Waals surface area contributed by atoms with Gasteiger partial charge in [0.25, 0.3) is 0 Å². The second-order valence-corrected chi connectivity index (χ2v) is 5.35. The summed E-state index contributed by atoms with van der Waals surface area (Å²) in [5.41, 5.74) is 0.190. The van der Waals surface area contributed by atoms with Crippen molar-refractivity contribution in [1.29, 1.82) is 0 Å². The van der Waals surface area contributed by atoms with Crippen LogP contribution in [0.25, 0.3) is 0 Å². The molecule has 1 heterocycles. The summed E-state index contributed by atoms with van der Waals surface area (Å²) < 4.78 is 5.34. The van der Waals surface area contributed by atoms with Crippen molar-refractivity contribution in [2.45, 2.75) is 27.7 Å². The lowest BCUT2D eigenvalue weighted by Crippen LogP contribution is -2.29. The molecule has 0 unspecified atom stereocenters. The zero-order valence-corrected chi connectivity index (χ0v) is 12.2. The molecule has 1 rings (SSSR count). The Balaban J connectivity index is 2.85. The Morgan fingerprint density at radius 2 is 1.89 bits per heavy atom. The lowest BCUT2D eigenvalue weighted by molar-refractivity contribution is 0.269. The highest BCUT2D eigenvalue weighted by atomic mass is 16.5. The number of hydrogen-bond donors (Lipinski definition) is 2. The molecule has 2 N–H and O–H groups in total. The Bertz CT molecular complexity index is 391. The molecule has 0 atom stereocenters. The molecule has 0 aromatic carbocycles. The molecule has 102 valence electrons. The van der Waals surface area contributed by atoms with Crippen LogP contribution in [0.1, 0.15) is 27.7 Å². The third-order valence-corrected chi connectivity index (χ3v) is 3.52. The molecule has 0 aliphatic heterocycles. The molecule has 0 saturated heterocycles. The van der Waals surface area contributed by atoms with E-state index < -0.39 is 0 Å². The van der Waals surface area contributed by atoms with Gasteiger partial charge >= 0.3 is 0 Å². The predicted octanol–water partition coefficient (Wildman–Crippen LogP) is 2.62. The summed E-state index contributed by atoms with van der Waals surface area (Å²) in [5, 5.41) is 6.34. The smallest absolute Gasteiger partial charge is 0.204 e. The second-order valence-electron chi connectivity index (χ2n) is 5.35. The Kier molecular flexibility index (Phi) is 4.76. The van der Waals surface area contributed by atoms with Gasteiger partial charge in [-0.15, -0.1) is 0 Å². The van der Waals surface area contributed by atoms with Gasteiger partial charge in [0.1, 0.15) is 6.33 Å². The highest BCUT2D eigenvalue weighted by molar-refractivity contribution is 5.63. The zero-order valence-electron chi connectivity index (χ0n) is 12.2. The summed E-state index contributed by atoms with van der Waals surface area (Å²) in [6, 6.07) is 0. The van der Waals surface area contributed by atoms with Gasteiger partial charge in [-0.3, -0.25) is 0 Å². The van der Waals surface area contributed by atoms with Crippen LogP contribution < -0.4 is 15.4 Å². The first kappa shape index (κ1) is 14.5. The first-order valence-corrected chi connectivity index (χ1v) is 6.23. The first-order chi connectivity index (χ1) is 8.42. The normalized spacial score (nSPS) is 11.5. The van der Waals surface area contributed by atoms with Crippen LogP contribution in [0.5, 0.6) is 5.75 Å². The average molecular weight is 252 g/mol. The van der Waals surface area contributed by atoms with Gasteiger partial charge in [-0.25, -0.2) is 9.97 Å². The number of ether oxygens (including phenoxy) is 1. The monoisotopic (exact) mass is 252 g/mol. The number of hydrogen-bond acceptors (Lipinski definition) is 5. The highest BCUT2D eigenvalue weighted by Crippen LogP contribution is 2.31. The van der Waals surface area contributed by atoms with E-state index in [9.17, 15) is 0 Å². The molecule has 0 amide bonds. The van der Waals surface area contributed by atoms with Crippen molar-refractivity contribution in [2.75, 3.05) is 31.3 Å². The van der Waals surface area contributed by atoms with Crippen molar-refractivity contribution in [3.8, 4) is 5.75 Å². The van der Waals surface area contributed by atoms with Gasteiger partial charge < -0.3 is 15.4 Å². The van der Waals surface area contributed by atoms with E-state index in [4.69, 9.17) is 4.74 Å². The summed E-state index contributed by atoms with van der Waals surface area (Å²) >= 11 is 0. The minimum Gasteiger partial charge on any atom is -0.490 e. The van der Waals surface area contributed by atoms with E-state index >= 15 is 0 Å². The molecule has 18 heavy (non-hydrogen) atoms. The molecular weight excluding hydrogens is 228 g/mol. The van der Waals surface area contributed by atoms with Crippen LogP contribution in [0.4, 0.5) is 11.6 Å². The van der Waals surface area contributed by atoms with E-state index in [2.05, 4.69) is 48.3 Å². The van der Waals surface area contributed by atoms with E-state index in [1.165, 1.54) is 6.33 Å². The van der Waals surface area contributed by atoms with Gasteiger partial charge in [-0.2, -0.15) is 0 Å². The fourth-order valence-electron chi connectivity index (χ4n) is 1.39. The molecule has 0 aliphatic carbocycles. The fourth-order valence-corrected chi connectivity index (χ4v) is 1.39. The van der Waals surface area contributed by atoms with E-state index in [0.29, 0.717) is 17.5 Å². The van der Waals surface area contributed by atoms with Gasteiger partial charge in [-0.05, 0) is 11.3 Å². The molecule has 0 radical (unpaired) electrons. The molecule has 5 nitrogen and oxygen atoms in total. The van der Waals surface area contributed by atoms with E-state index in [0.717, 1.165) is 12.4 Å². The Hall–Kier alpha value is -1.52. The molecule has 1 aromatic heterocycles. The van der Waals surface area contributed by atoms with Crippen LogP contribution in [0, 0.1) is 11.3 Å². The molecule has 0 saturated carbocycles. The van der Waals surface area contributed by atoms with Gasteiger partial charge in [0.15, 0.2) is 11.6 Å². The molecule has 0 bridgehead atoms. The van der Waals surface area contributed by atoms with Crippen molar-refractivity contribution < 1.29 is 4.74 Å². The molecular formula is C13H24N4O. The van der Waals surface area contributed by atoms with Crippen molar-refractivity contribution in [2.24, 2.45) is 11.3 Å². The van der Waals surface area contributed by atoms with Crippen LogP contribution in [-0.4, -0.2) is 30.7 Å². The SMILES string of the molecule is CNc1ncnc(NCC(C)(C)C(C)C)c1OC. The van der Waals surface area contributed by atoms with Gasteiger partial charge in [-0.1, -0.05) is 27.7 Å². The Labute approximate surface area is 109 Å². The molecule has 0 spiro atoms. The van der Waals surface area contributed by atoms with Crippen LogP contribution in [0.2, 0.25) is 0 Å². The van der Waals surface area contributed by atoms with Crippen molar-refractivity contribution >= 4 is 11.6 Å². The third-order valence-electron chi connectivity index (χ3n) is 3.52. The van der Waals surface area contributed by atoms with Crippen LogP contribution >= 0.6 is 0 Å². The summed E-state index contributed by atoms with van der Waals surface area (Å²) in [6.07, 6.45) is 1.53. The largest absolute Gasteiger partial charge is 0.490 e. The van der Waals surface area contributed by atoms with Crippen LogP contribution in [0.3, 0.4) is 0 Å². The minimum absolute atomic E-state index is 0.190. The maximum atomic E-state index is 5.34. The molecule has 0 fully saturated rings. The molecule has 1 aromatic rings. The topological polar surface area (TPSA) is 59.1 Å². The minimum atomic E-state index is 0.190. The number of rotatable bonds is 6. The van der Waals surface area contributed by atoms with Gasteiger partial charge in [0, 0.05) is 13.6 Å². The number of nitrogens with one attached hydrogen (secondary N) is 2. The standard InChI is InChI=1S/C13H24N4O/c1-9(2)13(3,4)7-15-12-10(18-6)11(14-5)16-8-17-12/h8-9H,7H2,1-6H3,(H2,14,15,16,17). The van der Waals surface area contributed by atoms with Crippen LogP contribution in [-0.2, 0) is 0 Å². The van der Waals surface area contributed by atoms with E-state index in [1.54, 1.807) is 7.11 Å². The van der Waals surface area contributed by atoms with Gasteiger partial charge in [0.05, 0.1) is 7.11 Å². The number of nitrogens with zero attached hydrogens (tertiary/aromatic N) is 2.